The molecular formula is C11H12F3N3O2S. The van der Waals surface area contributed by atoms with Gasteiger partial charge in [0.15, 0.2) is 0 Å². The van der Waals surface area contributed by atoms with E-state index >= 15 is 0 Å². The van der Waals surface area contributed by atoms with Crippen molar-refractivity contribution < 1.29 is 21.6 Å². The number of nitrogens with two attached hydrogens (primary N) is 1. The second-order valence-electron chi connectivity index (χ2n) is 4.02. The highest BCUT2D eigenvalue weighted by molar-refractivity contribution is 7.89. The molecule has 0 heterocycles. The van der Waals surface area contributed by atoms with Crippen LogP contribution in [0, 0.1) is 11.3 Å². The summed E-state index contributed by atoms with van der Waals surface area (Å²) in [6.07, 6.45) is -4.45. The minimum Gasteiger partial charge on any atom is -0.385 e. The highest BCUT2D eigenvalue weighted by Crippen LogP contribution is 2.33. The molecule has 1 rings (SSSR count). The number of alkyl halides is 3. The molecule has 0 amide bonds. The van der Waals surface area contributed by atoms with Crippen LogP contribution >= 0.6 is 0 Å². The van der Waals surface area contributed by atoms with Gasteiger partial charge in [0.2, 0.25) is 10.0 Å². The van der Waals surface area contributed by atoms with E-state index in [0.29, 0.717) is 0 Å². The van der Waals surface area contributed by atoms with Crippen LogP contribution in [0.15, 0.2) is 18.2 Å². The summed E-state index contributed by atoms with van der Waals surface area (Å²) < 4.78 is 59.4. The third kappa shape index (κ3) is 5.07. The van der Waals surface area contributed by atoms with Crippen LogP contribution in [0.4, 0.5) is 18.9 Å². The van der Waals surface area contributed by atoms with Crippen molar-refractivity contribution in [3.05, 3.63) is 29.3 Å². The van der Waals surface area contributed by atoms with Gasteiger partial charge in [0.05, 0.1) is 22.9 Å². The molecule has 0 aromatic heterocycles. The number of anilines is 1. The minimum atomic E-state index is -4.62. The molecule has 0 atom stereocenters. The average Bonchev–Trinajstić information content (AvgIpc) is 2.32. The van der Waals surface area contributed by atoms with Crippen LogP contribution in [-0.4, -0.2) is 20.7 Å². The van der Waals surface area contributed by atoms with E-state index in [9.17, 15) is 21.6 Å². The van der Waals surface area contributed by atoms with Gasteiger partial charge in [-0.15, -0.1) is 0 Å². The summed E-state index contributed by atoms with van der Waals surface area (Å²) in [5.74, 6) is -0.262. The number of nitrogens with zero attached hydrogens (tertiary/aromatic N) is 1. The Bertz CT molecular complexity index is 621. The maximum absolute atomic E-state index is 12.7. The van der Waals surface area contributed by atoms with Crippen LogP contribution in [0.25, 0.3) is 0 Å². The van der Waals surface area contributed by atoms with Crippen LogP contribution in [0.2, 0.25) is 0 Å². The molecule has 20 heavy (non-hydrogen) atoms. The lowest BCUT2D eigenvalue weighted by Crippen LogP contribution is -2.18. The number of halogens is 3. The van der Waals surface area contributed by atoms with Crippen LogP contribution < -0.4 is 10.5 Å². The number of primary sulfonamides is 1. The van der Waals surface area contributed by atoms with Crippen molar-refractivity contribution in [2.45, 2.75) is 12.6 Å². The van der Waals surface area contributed by atoms with Gasteiger partial charge in [0.1, 0.15) is 0 Å². The summed E-state index contributed by atoms with van der Waals surface area (Å²) in [6, 6.07) is 4.67. The Morgan fingerprint density at radius 2 is 2.00 bits per heavy atom. The maximum atomic E-state index is 12.7. The Morgan fingerprint density at radius 1 is 1.35 bits per heavy atom. The first-order chi connectivity index (χ1) is 9.13. The Labute approximate surface area is 114 Å². The molecule has 0 aliphatic rings. The summed E-state index contributed by atoms with van der Waals surface area (Å²) >= 11 is 0. The standard InChI is InChI=1S/C11H12F3N3O2S/c12-11(13,14)10-6-9(3-2-8(10)7-15)17-4-1-5-20(16,18)19/h2-3,6,17H,1,4-5H2,(H2,16,18,19). The number of sulfonamides is 1. The molecule has 110 valence electrons. The van der Waals surface area contributed by atoms with E-state index in [1.165, 1.54) is 12.1 Å². The van der Waals surface area contributed by atoms with E-state index < -0.39 is 27.3 Å². The van der Waals surface area contributed by atoms with Crippen molar-refractivity contribution in [2.24, 2.45) is 5.14 Å². The van der Waals surface area contributed by atoms with E-state index in [1.54, 1.807) is 0 Å². The molecule has 0 unspecified atom stereocenters. The Morgan fingerprint density at radius 3 is 2.50 bits per heavy atom. The van der Waals surface area contributed by atoms with Gasteiger partial charge in [0.25, 0.3) is 0 Å². The largest absolute Gasteiger partial charge is 0.417 e. The van der Waals surface area contributed by atoms with Crippen molar-refractivity contribution in [1.29, 1.82) is 5.26 Å². The van der Waals surface area contributed by atoms with Crippen molar-refractivity contribution in [2.75, 3.05) is 17.6 Å². The highest BCUT2D eigenvalue weighted by atomic mass is 32.2. The smallest absolute Gasteiger partial charge is 0.385 e. The first kappa shape index (κ1) is 16.3. The van der Waals surface area contributed by atoms with Gasteiger partial charge < -0.3 is 5.32 Å². The summed E-state index contributed by atoms with van der Waals surface area (Å²) in [4.78, 5) is 0. The number of benzene rings is 1. The van der Waals surface area contributed by atoms with E-state index in [2.05, 4.69) is 5.32 Å². The first-order valence-electron chi connectivity index (χ1n) is 5.49. The van der Waals surface area contributed by atoms with Crippen molar-refractivity contribution >= 4 is 15.7 Å². The lowest BCUT2D eigenvalue weighted by Gasteiger charge is -2.12. The summed E-state index contributed by atoms with van der Waals surface area (Å²) in [7, 11) is -3.58. The van der Waals surface area contributed by atoms with Gasteiger partial charge in [0, 0.05) is 12.2 Å². The predicted molar refractivity (Wildman–Crippen MR) is 67.2 cm³/mol. The third-order valence-electron chi connectivity index (χ3n) is 2.38. The molecule has 0 radical (unpaired) electrons. The Hall–Kier alpha value is -1.79. The van der Waals surface area contributed by atoms with Gasteiger partial charge in [-0.1, -0.05) is 0 Å². The SMILES string of the molecule is N#Cc1ccc(NCCCS(N)(=O)=O)cc1C(F)(F)F. The van der Waals surface area contributed by atoms with Gasteiger partial charge in [-0.25, -0.2) is 13.6 Å². The highest BCUT2D eigenvalue weighted by Gasteiger charge is 2.33. The molecule has 0 saturated carbocycles. The topological polar surface area (TPSA) is 96.0 Å². The zero-order chi connectivity index (χ0) is 15.4. The number of nitrogens with one attached hydrogen (secondary N) is 1. The summed E-state index contributed by atoms with van der Waals surface area (Å²) in [5.41, 5.74) is -1.34. The molecule has 5 nitrogen and oxygen atoms in total. The van der Waals surface area contributed by atoms with Crippen molar-refractivity contribution in [3.63, 3.8) is 0 Å². The summed E-state index contributed by atoms with van der Waals surface area (Å²) in [5, 5.41) is 16.1. The van der Waals surface area contributed by atoms with Crippen LogP contribution in [-0.2, 0) is 16.2 Å². The predicted octanol–water partition coefficient (Wildman–Crippen LogP) is 1.67. The fraction of sp³-hybridized carbons (Fsp3) is 0.364. The van der Waals surface area contributed by atoms with Gasteiger partial charge in [-0.05, 0) is 24.6 Å². The fourth-order valence-corrected chi connectivity index (χ4v) is 2.04. The molecule has 0 aliphatic carbocycles. The van der Waals surface area contributed by atoms with E-state index in [4.69, 9.17) is 10.4 Å². The number of hydrogen-bond donors (Lipinski definition) is 2. The van der Waals surface area contributed by atoms with Gasteiger partial charge in [-0.2, -0.15) is 18.4 Å². The summed E-state index contributed by atoms with van der Waals surface area (Å²) in [6.45, 7) is 0.152. The zero-order valence-corrected chi connectivity index (χ0v) is 11.1. The molecule has 0 saturated heterocycles. The molecule has 0 spiro atoms. The molecule has 3 N–H and O–H groups in total. The van der Waals surface area contributed by atoms with Crippen molar-refractivity contribution in [3.8, 4) is 6.07 Å². The minimum absolute atomic E-state index is 0.152. The Balaban J connectivity index is 2.76. The monoisotopic (exact) mass is 307 g/mol. The molecule has 1 aromatic carbocycles. The van der Waals surface area contributed by atoms with Crippen LogP contribution in [0.1, 0.15) is 17.5 Å². The quantitative estimate of drug-likeness (QED) is 0.809. The molecule has 0 bridgehead atoms. The van der Waals surface area contributed by atoms with Crippen LogP contribution in [0.5, 0.6) is 0 Å². The normalized spacial score (nSPS) is 11.9. The van der Waals surface area contributed by atoms with E-state index in [0.717, 1.165) is 12.1 Å². The molecule has 1 aromatic rings. The zero-order valence-electron chi connectivity index (χ0n) is 10.2. The van der Waals surface area contributed by atoms with Gasteiger partial charge >= 0.3 is 6.18 Å². The molecular weight excluding hydrogens is 295 g/mol. The fourth-order valence-electron chi connectivity index (χ4n) is 1.49. The average molecular weight is 307 g/mol. The lowest BCUT2D eigenvalue weighted by atomic mass is 10.1. The van der Waals surface area contributed by atoms with E-state index in [1.807, 2.05) is 0 Å². The third-order valence-corrected chi connectivity index (χ3v) is 3.24. The van der Waals surface area contributed by atoms with Gasteiger partial charge in [-0.3, -0.25) is 0 Å². The lowest BCUT2D eigenvalue weighted by molar-refractivity contribution is -0.137. The second kappa shape index (κ2) is 6.11. The second-order valence-corrected chi connectivity index (χ2v) is 5.75. The molecule has 9 heteroatoms. The number of hydrogen-bond acceptors (Lipinski definition) is 4. The first-order valence-corrected chi connectivity index (χ1v) is 7.21. The molecule has 0 aliphatic heterocycles. The maximum Gasteiger partial charge on any atom is 0.417 e. The van der Waals surface area contributed by atoms with Crippen LogP contribution in [0.3, 0.4) is 0 Å². The molecule has 0 fully saturated rings. The van der Waals surface area contributed by atoms with Crippen molar-refractivity contribution in [1.82, 2.24) is 0 Å². The number of rotatable bonds is 5. The Kier molecular flexibility index (Phi) is 4.97. The number of nitriles is 1. The van der Waals surface area contributed by atoms with E-state index in [-0.39, 0.29) is 24.4 Å².